The Hall–Kier alpha value is -1.51. The highest BCUT2D eigenvalue weighted by atomic mass is 32.2. The van der Waals surface area contributed by atoms with Gasteiger partial charge in [0.15, 0.2) is 0 Å². The third-order valence-corrected chi connectivity index (χ3v) is 4.28. The molecular weight excluding hydrogens is 236 g/mol. The van der Waals surface area contributed by atoms with Crippen LogP contribution in [0.15, 0.2) is 11.0 Å². The molecule has 0 unspecified atom stereocenters. The predicted molar refractivity (Wildman–Crippen MR) is 69.1 cm³/mol. The van der Waals surface area contributed by atoms with E-state index < -0.39 is 10.0 Å². The molecule has 4 nitrogen and oxygen atoms in total. The summed E-state index contributed by atoms with van der Waals surface area (Å²) in [6.07, 6.45) is 5.04. The first-order valence-electron chi connectivity index (χ1n) is 5.10. The van der Waals surface area contributed by atoms with Crippen LogP contribution in [0.3, 0.4) is 0 Å². The van der Waals surface area contributed by atoms with Crippen LogP contribution in [0.25, 0.3) is 0 Å². The lowest BCUT2D eigenvalue weighted by atomic mass is 10.1. The average molecular weight is 252 g/mol. The molecule has 5 heteroatoms. The van der Waals surface area contributed by atoms with Gasteiger partial charge >= 0.3 is 0 Å². The van der Waals surface area contributed by atoms with Crippen molar-refractivity contribution in [3.8, 4) is 12.3 Å². The first-order valence-corrected chi connectivity index (χ1v) is 6.59. The molecule has 1 rings (SSSR count). The Balaban J connectivity index is 3.43. The second-order valence-electron chi connectivity index (χ2n) is 3.91. The predicted octanol–water partition coefficient (Wildman–Crippen LogP) is 1.11. The van der Waals surface area contributed by atoms with Gasteiger partial charge in [-0.1, -0.05) is 12.0 Å². The van der Waals surface area contributed by atoms with Crippen molar-refractivity contribution < 1.29 is 8.42 Å². The Morgan fingerprint density at radius 2 is 1.94 bits per heavy atom. The lowest BCUT2D eigenvalue weighted by molar-refractivity contribution is 0.585. The molecule has 0 aliphatic carbocycles. The number of rotatable bonds is 3. The number of anilines is 1. The van der Waals surface area contributed by atoms with Crippen molar-refractivity contribution in [2.45, 2.75) is 25.7 Å². The third-order valence-electron chi connectivity index (χ3n) is 2.59. The summed E-state index contributed by atoms with van der Waals surface area (Å²) in [5.41, 5.74) is 8.44. The number of nitrogens with one attached hydrogen (secondary N) is 1. The van der Waals surface area contributed by atoms with Gasteiger partial charge in [0.1, 0.15) is 0 Å². The van der Waals surface area contributed by atoms with Gasteiger partial charge in [-0.2, -0.15) is 4.72 Å². The van der Waals surface area contributed by atoms with Crippen LogP contribution in [0.4, 0.5) is 5.69 Å². The molecule has 3 N–H and O–H groups in total. The van der Waals surface area contributed by atoms with Gasteiger partial charge in [-0.15, -0.1) is 6.42 Å². The number of benzene rings is 1. The number of hydrogen-bond donors (Lipinski definition) is 2. The Morgan fingerprint density at radius 3 is 2.47 bits per heavy atom. The van der Waals surface area contributed by atoms with Crippen LogP contribution in [0, 0.1) is 33.1 Å². The largest absolute Gasteiger partial charge is 0.398 e. The Morgan fingerprint density at radius 1 is 1.35 bits per heavy atom. The van der Waals surface area contributed by atoms with Crippen LogP contribution in [-0.4, -0.2) is 15.0 Å². The summed E-state index contributed by atoms with van der Waals surface area (Å²) in [5, 5.41) is 0. The first-order chi connectivity index (χ1) is 7.81. The molecule has 92 valence electrons. The molecule has 0 spiro atoms. The molecule has 1 aromatic carbocycles. The summed E-state index contributed by atoms with van der Waals surface area (Å²) in [5.74, 6) is 2.24. The molecule has 0 radical (unpaired) electrons. The van der Waals surface area contributed by atoms with Crippen LogP contribution in [0.2, 0.25) is 0 Å². The number of nitrogens with two attached hydrogens (primary N) is 1. The first kappa shape index (κ1) is 13.6. The molecular formula is C12H16N2O2S. The second kappa shape index (κ2) is 4.78. The van der Waals surface area contributed by atoms with Gasteiger partial charge in [0, 0.05) is 5.69 Å². The molecule has 0 heterocycles. The lowest BCUT2D eigenvalue weighted by Gasteiger charge is -2.14. The number of nitrogen functional groups attached to an aromatic ring is 1. The van der Waals surface area contributed by atoms with Gasteiger partial charge in [-0.3, -0.25) is 0 Å². The molecule has 0 saturated carbocycles. The summed E-state index contributed by atoms with van der Waals surface area (Å²) in [6.45, 7) is 5.25. The smallest absolute Gasteiger partial charge is 0.242 e. The van der Waals surface area contributed by atoms with Gasteiger partial charge in [0.25, 0.3) is 0 Å². The maximum Gasteiger partial charge on any atom is 0.242 e. The van der Waals surface area contributed by atoms with Gasteiger partial charge in [0.05, 0.1) is 11.4 Å². The summed E-state index contributed by atoms with van der Waals surface area (Å²) >= 11 is 0. The van der Waals surface area contributed by atoms with E-state index in [4.69, 9.17) is 12.2 Å². The van der Waals surface area contributed by atoms with Crippen molar-refractivity contribution in [1.82, 2.24) is 4.72 Å². The van der Waals surface area contributed by atoms with E-state index in [1.165, 1.54) is 0 Å². The van der Waals surface area contributed by atoms with Crippen molar-refractivity contribution in [1.29, 1.82) is 0 Å². The Kier molecular flexibility index (Phi) is 3.81. The minimum Gasteiger partial charge on any atom is -0.398 e. The molecule has 17 heavy (non-hydrogen) atoms. The van der Waals surface area contributed by atoms with Crippen LogP contribution < -0.4 is 10.5 Å². The van der Waals surface area contributed by atoms with Crippen molar-refractivity contribution >= 4 is 15.7 Å². The number of sulfonamides is 1. The highest BCUT2D eigenvalue weighted by molar-refractivity contribution is 7.89. The minimum absolute atomic E-state index is 0.0327. The molecule has 0 aromatic heterocycles. The zero-order valence-corrected chi connectivity index (χ0v) is 11.0. The minimum atomic E-state index is -3.60. The van der Waals surface area contributed by atoms with E-state index in [9.17, 15) is 8.42 Å². The van der Waals surface area contributed by atoms with E-state index in [2.05, 4.69) is 10.6 Å². The standard InChI is InChI=1S/C12H16N2O2S/c1-5-6-14-17(15,16)12-9(3)7-8(2)11(13)10(12)4/h1,7,14H,6,13H2,2-4H3. The third kappa shape index (κ3) is 2.60. The molecule has 0 aliphatic rings. The molecule has 0 amide bonds. The quantitative estimate of drug-likeness (QED) is 0.625. The monoisotopic (exact) mass is 252 g/mol. The van der Waals surface area contributed by atoms with Crippen LogP contribution >= 0.6 is 0 Å². The van der Waals surface area contributed by atoms with Crippen molar-refractivity contribution in [2.24, 2.45) is 0 Å². The summed E-state index contributed by atoms with van der Waals surface area (Å²) < 4.78 is 26.4. The maximum absolute atomic E-state index is 12.0. The number of terminal acetylenes is 1. The number of hydrogen-bond acceptors (Lipinski definition) is 3. The van der Waals surface area contributed by atoms with E-state index in [1.54, 1.807) is 19.9 Å². The van der Waals surface area contributed by atoms with Crippen LogP contribution in [0.1, 0.15) is 16.7 Å². The normalized spacial score (nSPS) is 11.2. The topological polar surface area (TPSA) is 72.2 Å². The number of aryl methyl sites for hydroxylation is 2. The van der Waals surface area contributed by atoms with E-state index in [1.807, 2.05) is 6.92 Å². The zero-order valence-electron chi connectivity index (χ0n) is 10.2. The Labute approximate surface area is 102 Å². The summed E-state index contributed by atoms with van der Waals surface area (Å²) in [7, 11) is -3.60. The van der Waals surface area contributed by atoms with Crippen LogP contribution in [0.5, 0.6) is 0 Å². The lowest BCUT2D eigenvalue weighted by Crippen LogP contribution is -2.26. The average Bonchev–Trinajstić information content (AvgIpc) is 2.23. The molecule has 0 atom stereocenters. The second-order valence-corrected chi connectivity index (χ2v) is 5.61. The zero-order chi connectivity index (χ0) is 13.2. The fourth-order valence-corrected chi connectivity index (χ4v) is 3.22. The molecule has 1 aromatic rings. The molecule has 0 bridgehead atoms. The van der Waals surface area contributed by atoms with Crippen molar-refractivity contribution in [3.05, 3.63) is 22.8 Å². The van der Waals surface area contributed by atoms with Gasteiger partial charge in [0.2, 0.25) is 10.0 Å². The SMILES string of the molecule is C#CCNS(=O)(=O)c1c(C)cc(C)c(N)c1C. The molecule has 0 saturated heterocycles. The van der Waals surface area contributed by atoms with E-state index in [0.717, 1.165) is 5.56 Å². The highest BCUT2D eigenvalue weighted by Crippen LogP contribution is 2.27. The fourth-order valence-electron chi connectivity index (χ4n) is 1.80. The fraction of sp³-hybridized carbons (Fsp3) is 0.333. The van der Waals surface area contributed by atoms with E-state index >= 15 is 0 Å². The van der Waals surface area contributed by atoms with Crippen molar-refractivity contribution in [2.75, 3.05) is 12.3 Å². The van der Waals surface area contributed by atoms with E-state index in [0.29, 0.717) is 16.8 Å². The van der Waals surface area contributed by atoms with Gasteiger partial charge in [-0.05, 0) is 37.5 Å². The summed E-state index contributed by atoms with van der Waals surface area (Å²) in [4.78, 5) is 0.218. The summed E-state index contributed by atoms with van der Waals surface area (Å²) in [6, 6.07) is 1.76. The maximum atomic E-state index is 12.0. The van der Waals surface area contributed by atoms with Gasteiger partial charge < -0.3 is 5.73 Å². The van der Waals surface area contributed by atoms with Crippen LogP contribution in [-0.2, 0) is 10.0 Å². The Bertz CT molecular complexity index is 584. The van der Waals surface area contributed by atoms with Gasteiger partial charge in [-0.25, -0.2) is 8.42 Å². The molecule has 0 fully saturated rings. The van der Waals surface area contributed by atoms with Crippen molar-refractivity contribution in [3.63, 3.8) is 0 Å². The molecule has 0 aliphatic heterocycles. The van der Waals surface area contributed by atoms with E-state index in [-0.39, 0.29) is 11.4 Å². The highest BCUT2D eigenvalue weighted by Gasteiger charge is 2.21.